The van der Waals surface area contributed by atoms with Crippen molar-refractivity contribution < 1.29 is 4.79 Å². The summed E-state index contributed by atoms with van der Waals surface area (Å²) in [5.74, 6) is 0.677. The van der Waals surface area contributed by atoms with E-state index in [0.717, 1.165) is 15.7 Å². The van der Waals surface area contributed by atoms with Crippen LogP contribution in [0.1, 0.15) is 15.9 Å². The zero-order chi connectivity index (χ0) is 16.9. The maximum atomic E-state index is 12.0. The molecule has 0 saturated carbocycles. The summed E-state index contributed by atoms with van der Waals surface area (Å²) in [6.45, 7) is 2.02. The maximum Gasteiger partial charge on any atom is 0.258 e. The minimum atomic E-state index is -0.278. The van der Waals surface area contributed by atoms with Gasteiger partial charge >= 0.3 is 0 Å². The summed E-state index contributed by atoms with van der Waals surface area (Å²) in [5, 5.41) is 13.9. The number of carbonyl (C=O) groups is 1. The average molecular weight is 384 g/mol. The van der Waals surface area contributed by atoms with Crippen LogP contribution in [0.15, 0.2) is 59.3 Å². The molecule has 1 amide bonds. The van der Waals surface area contributed by atoms with Crippen molar-refractivity contribution in [2.45, 2.75) is 6.92 Å². The molecule has 6 nitrogen and oxygen atoms in total. The number of anilines is 3. The third-order valence-corrected chi connectivity index (χ3v) is 3.87. The molecule has 0 fully saturated rings. The van der Waals surface area contributed by atoms with Gasteiger partial charge in [0.25, 0.3) is 5.91 Å². The zero-order valence-corrected chi connectivity index (χ0v) is 14.4. The van der Waals surface area contributed by atoms with Gasteiger partial charge < -0.3 is 10.6 Å². The molecule has 2 aromatic heterocycles. The Kier molecular flexibility index (Phi) is 4.81. The Bertz CT molecular complexity index is 853. The molecular formula is C17H14BrN5O. The van der Waals surface area contributed by atoms with Gasteiger partial charge in [-0.05, 0) is 64.8 Å². The van der Waals surface area contributed by atoms with Crippen LogP contribution in [0, 0.1) is 6.92 Å². The first-order valence-corrected chi connectivity index (χ1v) is 7.99. The molecular weight excluding hydrogens is 370 g/mol. The molecule has 24 heavy (non-hydrogen) atoms. The molecule has 0 bridgehead atoms. The Labute approximate surface area is 147 Å². The van der Waals surface area contributed by atoms with Gasteiger partial charge in [-0.1, -0.05) is 6.07 Å². The summed E-state index contributed by atoms with van der Waals surface area (Å²) in [7, 11) is 0. The molecule has 2 N–H and O–H groups in total. The van der Waals surface area contributed by atoms with Crippen LogP contribution in [-0.4, -0.2) is 21.1 Å². The van der Waals surface area contributed by atoms with Crippen molar-refractivity contribution in [3.8, 4) is 0 Å². The Morgan fingerprint density at radius 1 is 1.08 bits per heavy atom. The van der Waals surface area contributed by atoms with Crippen molar-refractivity contribution in [3.63, 3.8) is 0 Å². The third-order valence-electron chi connectivity index (χ3n) is 3.22. The predicted octanol–water partition coefficient (Wildman–Crippen LogP) is 3.94. The van der Waals surface area contributed by atoms with E-state index in [-0.39, 0.29) is 5.91 Å². The van der Waals surface area contributed by atoms with Gasteiger partial charge in [0.2, 0.25) is 0 Å². The first-order valence-electron chi connectivity index (χ1n) is 7.20. The first-order chi connectivity index (χ1) is 11.6. The summed E-state index contributed by atoms with van der Waals surface area (Å²) in [4.78, 5) is 15.9. The smallest absolute Gasteiger partial charge is 0.258 e. The lowest BCUT2D eigenvalue weighted by atomic mass is 10.2. The number of hydrogen-bond donors (Lipinski definition) is 2. The average Bonchev–Trinajstić information content (AvgIpc) is 2.60. The van der Waals surface area contributed by atoms with Crippen LogP contribution in [0.3, 0.4) is 0 Å². The van der Waals surface area contributed by atoms with Crippen LogP contribution in [0.25, 0.3) is 0 Å². The van der Waals surface area contributed by atoms with Gasteiger partial charge in [0.1, 0.15) is 0 Å². The van der Waals surface area contributed by atoms with E-state index in [1.165, 1.54) is 6.20 Å². The highest BCUT2D eigenvalue weighted by molar-refractivity contribution is 9.10. The number of amides is 1. The second kappa shape index (κ2) is 7.18. The summed E-state index contributed by atoms with van der Waals surface area (Å²) in [6, 6.07) is 12.8. The van der Waals surface area contributed by atoms with Crippen LogP contribution < -0.4 is 10.6 Å². The molecule has 3 rings (SSSR count). The van der Waals surface area contributed by atoms with Crippen LogP contribution in [0.2, 0.25) is 0 Å². The number of hydrogen-bond acceptors (Lipinski definition) is 5. The fraction of sp³-hybridized carbons (Fsp3) is 0.0588. The number of nitrogens with one attached hydrogen (secondary N) is 2. The summed E-state index contributed by atoms with van der Waals surface area (Å²) in [5.41, 5.74) is 2.51. The van der Waals surface area contributed by atoms with Gasteiger partial charge in [-0.3, -0.25) is 9.78 Å². The Hall–Kier alpha value is -2.80. The predicted molar refractivity (Wildman–Crippen MR) is 96.4 cm³/mol. The van der Waals surface area contributed by atoms with E-state index in [0.29, 0.717) is 17.2 Å². The van der Waals surface area contributed by atoms with E-state index in [2.05, 4.69) is 41.7 Å². The van der Waals surface area contributed by atoms with Crippen molar-refractivity contribution in [2.24, 2.45) is 0 Å². The van der Waals surface area contributed by atoms with E-state index in [9.17, 15) is 4.79 Å². The van der Waals surface area contributed by atoms with Gasteiger partial charge in [-0.2, -0.15) is 0 Å². The Morgan fingerprint density at radius 3 is 2.54 bits per heavy atom. The standard InChI is InChI=1S/C17H14BrN5O/c1-11-4-5-14(13(18)9-11)20-15-6-7-16(23-22-15)21-17(24)12-3-2-8-19-10-12/h2-10H,1H3,(H,20,22)(H,21,23,24). The topological polar surface area (TPSA) is 79.8 Å². The maximum absolute atomic E-state index is 12.0. The van der Waals surface area contributed by atoms with Crippen molar-refractivity contribution in [1.82, 2.24) is 15.2 Å². The molecule has 7 heteroatoms. The first kappa shape index (κ1) is 16.1. The summed E-state index contributed by atoms with van der Waals surface area (Å²) >= 11 is 3.50. The third kappa shape index (κ3) is 3.94. The van der Waals surface area contributed by atoms with Gasteiger partial charge in [0, 0.05) is 16.9 Å². The number of nitrogens with zero attached hydrogens (tertiary/aromatic N) is 3. The Balaban J connectivity index is 1.68. The highest BCUT2D eigenvalue weighted by atomic mass is 79.9. The minimum absolute atomic E-state index is 0.278. The van der Waals surface area contributed by atoms with Gasteiger partial charge in [-0.15, -0.1) is 10.2 Å². The zero-order valence-electron chi connectivity index (χ0n) is 12.8. The molecule has 120 valence electrons. The van der Waals surface area contributed by atoms with Crippen molar-refractivity contribution >= 4 is 39.2 Å². The van der Waals surface area contributed by atoms with Gasteiger partial charge in [0.15, 0.2) is 11.6 Å². The van der Waals surface area contributed by atoms with E-state index >= 15 is 0 Å². The SMILES string of the molecule is Cc1ccc(Nc2ccc(NC(=O)c3cccnc3)nn2)c(Br)c1. The fourth-order valence-electron chi connectivity index (χ4n) is 2.01. The molecule has 0 atom stereocenters. The molecule has 0 aliphatic carbocycles. The number of rotatable bonds is 4. The number of benzene rings is 1. The number of pyridine rings is 1. The highest BCUT2D eigenvalue weighted by Crippen LogP contribution is 2.26. The molecule has 0 saturated heterocycles. The molecule has 0 aliphatic rings. The fourth-order valence-corrected chi connectivity index (χ4v) is 2.60. The number of aromatic nitrogens is 3. The highest BCUT2D eigenvalue weighted by Gasteiger charge is 2.07. The van der Waals surface area contributed by atoms with Gasteiger partial charge in [-0.25, -0.2) is 0 Å². The van der Waals surface area contributed by atoms with E-state index in [1.54, 1.807) is 30.5 Å². The van der Waals surface area contributed by atoms with Crippen molar-refractivity contribution in [3.05, 3.63) is 70.5 Å². The second-order valence-electron chi connectivity index (χ2n) is 5.11. The molecule has 0 aliphatic heterocycles. The molecule has 0 spiro atoms. The van der Waals surface area contributed by atoms with Crippen molar-refractivity contribution in [1.29, 1.82) is 0 Å². The number of halogens is 1. The normalized spacial score (nSPS) is 10.2. The van der Waals surface area contributed by atoms with Crippen LogP contribution in [-0.2, 0) is 0 Å². The monoisotopic (exact) mass is 383 g/mol. The van der Waals surface area contributed by atoms with E-state index in [4.69, 9.17) is 0 Å². The number of aryl methyl sites for hydroxylation is 1. The molecule has 0 unspecified atom stereocenters. The second-order valence-corrected chi connectivity index (χ2v) is 5.96. The molecule has 2 heterocycles. The van der Waals surface area contributed by atoms with E-state index in [1.807, 2.05) is 25.1 Å². The van der Waals surface area contributed by atoms with Crippen LogP contribution in [0.4, 0.5) is 17.3 Å². The lowest BCUT2D eigenvalue weighted by Gasteiger charge is -2.09. The summed E-state index contributed by atoms with van der Waals surface area (Å²) < 4.78 is 0.943. The van der Waals surface area contributed by atoms with Crippen LogP contribution in [0.5, 0.6) is 0 Å². The minimum Gasteiger partial charge on any atom is -0.338 e. The van der Waals surface area contributed by atoms with Crippen molar-refractivity contribution in [2.75, 3.05) is 10.6 Å². The molecule has 3 aromatic rings. The lowest BCUT2D eigenvalue weighted by Crippen LogP contribution is -2.13. The Morgan fingerprint density at radius 2 is 1.88 bits per heavy atom. The van der Waals surface area contributed by atoms with Gasteiger partial charge in [0.05, 0.1) is 11.3 Å². The van der Waals surface area contributed by atoms with Crippen LogP contribution >= 0.6 is 15.9 Å². The molecule has 0 radical (unpaired) electrons. The quantitative estimate of drug-likeness (QED) is 0.712. The number of carbonyl (C=O) groups excluding carboxylic acids is 1. The molecule has 1 aromatic carbocycles. The lowest BCUT2D eigenvalue weighted by molar-refractivity contribution is 0.102. The largest absolute Gasteiger partial charge is 0.338 e. The summed E-state index contributed by atoms with van der Waals surface area (Å²) in [6.07, 6.45) is 3.11. The van der Waals surface area contributed by atoms with E-state index < -0.39 is 0 Å².